The summed E-state index contributed by atoms with van der Waals surface area (Å²) >= 11 is 0. The molecule has 0 aliphatic carbocycles. The third-order valence-electron chi connectivity index (χ3n) is 2.39. The summed E-state index contributed by atoms with van der Waals surface area (Å²) in [4.78, 5) is 11.4. The Morgan fingerprint density at radius 2 is 1.89 bits per heavy atom. The number of carbonyl (C=O) groups excluding carboxylic acids is 1. The fourth-order valence-electron chi connectivity index (χ4n) is 1.25. The average molecular weight is 276 g/mol. The van der Waals surface area contributed by atoms with E-state index in [9.17, 15) is 18.0 Å². The molecule has 1 aromatic carbocycles. The van der Waals surface area contributed by atoms with Crippen molar-refractivity contribution in [1.29, 1.82) is 0 Å². The predicted octanol–water partition coefficient (Wildman–Crippen LogP) is 2.46. The van der Waals surface area contributed by atoms with Gasteiger partial charge in [0.25, 0.3) is 0 Å². The number of urea groups is 1. The van der Waals surface area contributed by atoms with Crippen molar-refractivity contribution >= 4 is 11.7 Å². The minimum absolute atomic E-state index is 0.0550. The van der Waals surface area contributed by atoms with E-state index in [0.29, 0.717) is 0 Å². The third kappa shape index (κ3) is 5.17. The second-order valence-electron chi connectivity index (χ2n) is 4.20. The zero-order valence-corrected chi connectivity index (χ0v) is 10.3. The van der Waals surface area contributed by atoms with Crippen molar-refractivity contribution in [3.05, 3.63) is 29.8 Å². The Kier molecular flexibility index (Phi) is 5.17. The molecule has 0 radical (unpaired) electrons. The van der Waals surface area contributed by atoms with Gasteiger partial charge in [0.2, 0.25) is 0 Å². The molecule has 0 aliphatic rings. The lowest BCUT2D eigenvalue weighted by Crippen LogP contribution is -2.33. The molecule has 1 rings (SSSR count). The van der Waals surface area contributed by atoms with Crippen LogP contribution in [-0.4, -0.2) is 24.3 Å². The van der Waals surface area contributed by atoms with Gasteiger partial charge in [-0.15, -0.1) is 0 Å². The Morgan fingerprint density at radius 1 is 1.32 bits per heavy atom. The minimum atomic E-state index is -4.39. The summed E-state index contributed by atoms with van der Waals surface area (Å²) in [5.74, 6) is -0.0849. The Hall–Kier alpha value is -1.76. The molecule has 0 aliphatic heterocycles. The van der Waals surface area contributed by atoms with Crippen LogP contribution < -0.4 is 10.6 Å². The molecule has 0 bridgehead atoms. The summed E-state index contributed by atoms with van der Waals surface area (Å²) in [5.41, 5.74) is -0.505. The Morgan fingerprint density at radius 3 is 2.37 bits per heavy atom. The van der Waals surface area contributed by atoms with Crippen LogP contribution in [0.15, 0.2) is 24.3 Å². The molecular formula is C12H15F3N2O2. The summed E-state index contributed by atoms with van der Waals surface area (Å²) in [6, 6.07) is 3.62. The van der Waals surface area contributed by atoms with E-state index in [0.717, 1.165) is 12.1 Å². The first-order valence-corrected chi connectivity index (χ1v) is 5.66. The second-order valence-corrected chi connectivity index (χ2v) is 4.20. The van der Waals surface area contributed by atoms with E-state index >= 15 is 0 Å². The number of hydrogen-bond acceptors (Lipinski definition) is 2. The number of rotatable bonds is 4. The van der Waals surface area contributed by atoms with Gasteiger partial charge in [-0.05, 0) is 30.2 Å². The van der Waals surface area contributed by atoms with E-state index in [4.69, 9.17) is 5.11 Å². The van der Waals surface area contributed by atoms with Crippen LogP contribution in [0.4, 0.5) is 23.7 Å². The van der Waals surface area contributed by atoms with Crippen molar-refractivity contribution in [2.45, 2.75) is 13.1 Å². The monoisotopic (exact) mass is 276 g/mol. The second kappa shape index (κ2) is 6.42. The summed E-state index contributed by atoms with van der Waals surface area (Å²) in [5, 5.41) is 13.7. The maximum atomic E-state index is 12.3. The van der Waals surface area contributed by atoms with Crippen LogP contribution in [0.25, 0.3) is 0 Å². The van der Waals surface area contributed by atoms with Crippen molar-refractivity contribution in [1.82, 2.24) is 5.32 Å². The van der Waals surface area contributed by atoms with Crippen molar-refractivity contribution in [3.63, 3.8) is 0 Å². The van der Waals surface area contributed by atoms with E-state index in [1.807, 2.05) is 0 Å². The molecule has 1 atom stereocenters. The van der Waals surface area contributed by atoms with Gasteiger partial charge in [-0.1, -0.05) is 6.92 Å². The van der Waals surface area contributed by atoms with E-state index in [-0.39, 0.29) is 24.8 Å². The van der Waals surface area contributed by atoms with Gasteiger partial charge in [0.15, 0.2) is 0 Å². The lowest BCUT2D eigenvalue weighted by atomic mass is 10.2. The number of anilines is 1. The molecule has 106 valence electrons. The number of hydrogen-bond donors (Lipinski definition) is 3. The highest BCUT2D eigenvalue weighted by atomic mass is 19.4. The van der Waals surface area contributed by atoms with Crippen molar-refractivity contribution < 1.29 is 23.1 Å². The molecule has 1 aromatic rings. The fourth-order valence-corrected chi connectivity index (χ4v) is 1.25. The van der Waals surface area contributed by atoms with Gasteiger partial charge in [0.1, 0.15) is 0 Å². The molecule has 7 heteroatoms. The lowest BCUT2D eigenvalue weighted by Gasteiger charge is -2.11. The number of benzene rings is 1. The van der Waals surface area contributed by atoms with E-state index in [1.165, 1.54) is 12.1 Å². The molecule has 2 amide bonds. The molecule has 19 heavy (non-hydrogen) atoms. The molecule has 0 heterocycles. The largest absolute Gasteiger partial charge is 0.416 e. The van der Waals surface area contributed by atoms with Crippen LogP contribution in [0.1, 0.15) is 12.5 Å². The van der Waals surface area contributed by atoms with Gasteiger partial charge < -0.3 is 15.7 Å². The zero-order chi connectivity index (χ0) is 14.5. The standard InChI is InChI=1S/C12H15F3N2O2/c1-8(7-18)6-16-11(19)17-10-4-2-9(3-5-10)12(13,14)15/h2-5,8,18H,6-7H2,1H3,(H2,16,17,19)/t8-/m0/s1. The van der Waals surface area contributed by atoms with Crippen molar-refractivity contribution in [2.24, 2.45) is 5.92 Å². The normalized spacial score (nSPS) is 12.9. The maximum Gasteiger partial charge on any atom is 0.416 e. The van der Waals surface area contributed by atoms with Crippen LogP contribution in [0.5, 0.6) is 0 Å². The van der Waals surface area contributed by atoms with Crippen LogP contribution in [0.3, 0.4) is 0 Å². The van der Waals surface area contributed by atoms with E-state index < -0.39 is 17.8 Å². The summed E-state index contributed by atoms with van der Waals surface area (Å²) in [7, 11) is 0. The zero-order valence-electron chi connectivity index (χ0n) is 10.3. The Labute approximate surface area is 108 Å². The van der Waals surface area contributed by atoms with Gasteiger partial charge in [0.05, 0.1) is 5.56 Å². The molecule has 0 saturated carbocycles. The fraction of sp³-hybridized carbons (Fsp3) is 0.417. The van der Waals surface area contributed by atoms with Gasteiger partial charge in [-0.3, -0.25) is 0 Å². The Bertz CT molecular complexity index is 418. The molecule has 0 saturated heterocycles. The predicted molar refractivity (Wildman–Crippen MR) is 64.7 cm³/mol. The van der Waals surface area contributed by atoms with Crippen LogP contribution in [0.2, 0.25) is 0 Å². The van der Waals surface area contributed by atoms with Gasteiger partial charge in [-0.25, -0.2) is 4.79 Å². The minimum Gasteiger partial charge on any atom is -0.396 e. The maximum absolute atomic E-state index is 12.3. The number of amides is 2. The van der Waals surface area contributed by atoms with Gasteiger partial charge in [-0.2, -0.15) is 13.2 Å². The molecule has 0 fully saturated rings. The number of carbonyl (C=O) groups is 1. The lowest BCUT2D eigenvalue weighted by molar-refractivity contribution is -0.137. The highest BCUT2D eigenvalue weighted by Gasteiger charge is 2.29. The topological polar surface area (TPSA) is 61.4 Å². The highest BCUT2D eigenvalue weighted by molar-refractivity contribution is 5.89. The number of nitrogens with one attached hydrogen (secondary N) is 2. The number of aliphatic hydroxyl groups is 1. The highest BCUT2D eigenvalue weighted by Crippen LogP contribution is 2.29. The first-order valence-electron chi connectivity index (χ1n) is 5.66. The van der Waals surface area contributed by atoms with Gasteiger partial charge in [0, 0.05) is 18.8 Å². The van der Waals surface area contributed by atoms with Crippen molar-refractivity contribution in [3.8, 4) is 0 Å². The van der Waals surface area contributed by atoms with Crippen LogP contribution in [0, 0.1) is 5.92 Å². The first kappa shape index (κ1) is 15.3. The summed E-state index contributed by atoms with van der Waals surface area (Å²) in [6.45, 7) is 1.97. The molecule has 3 N–H and O–H groups in total. The molecule has 0 unspecified atom stereocenters. The third-order valence-corrected chi connectivity index (χ3v) is 2.39. The molecule has 4 nitrogen and oxygen atoms in total. The number of aliphatic hydroxyl groups excluding tert-OH is 1. The Balaban J connectivity index is 2.51. The van der Waals surface area contributed by atoms with Crippen LogP contribution >= 0.6 is 0 Å². The van der Waals surface area contributed by atoms with E-state index in [1.54, 1.807) is 6.92 Å². The SMILES string of the molecule is C[C@H](CO)CNC(=O)Nc1ccc(C(F)(F)F)cc1. The smallest absolute Gasteiger partial charge is 0.396 e. The van der Waals surface area contributed by atoms with Crippen LogP contribution in [-0.2, 0) is 6.18 Å². The number of halogens is 3. The quantitative estimate of drug-likeness (QED) is 0.791. The average Bonchev–Trinajstić information content (AvgIpc) is 2.35. The van der Waals surface area contributed by atoms with Crippen molar-refractivity contribution in [2.75, 3.05) is 18.5 Å². The summed E-state index contributed by atoms with van der Waals surface area (Å²) < 4.78 is 36.9. The van der Waals surface area contributed by atoms with Gasteiger partial charge >= 0.3 is 12.2 Å². The first-order chi connectivity index (χ1) is 8.82. The molecule has 0 spiro atoms. The molecular weight excluding hydrogens is 261 g/mol. The molecule has 0 aromatic heterocycles. The van der Waals surface area contributed by atoms with E-state index in [2.05, 4.69) is 10.6 Å². The number of alkyl halides is 3. The summed E-state index contributed by atoms with van der Waals surface area (Å²) in [6.07, 6.45) is -4.39.